The number of nitrogens with one attached hydrogen (secondary N) is 1. The summed E-state index contributed by atoms with van der Waals surface area (Å²) in [6.07, 6.45) is 1.46. The Labute approximate surface area is 85.2 Å². The summed E-state index contributed by atoms with van der Waals surface area (Å²) in [6, 6.07) is 1.91. The van der Waals surface area contributed by atoms with Crippen LogP contribution in [0.1, 0.15) is 25.7 Å². The van der Waals surface area contributed by atoms with Crippen LogP contribution >= 0.6 is 0 Å². The topological polar surface area (TPSA) is 87.4 Å². The lowest BCUT2D eigenvalue weighted by atomic mass is 10.4. The molecule has 0 aliphatic heterocycles. The maximum Gasteiger partial charge on any atom is 0.262 e. The number of fused-ring (bicyclic) bond motifs is 1. The van der Waals surface area contributed by atoms with Gasteiger partial charge in [-0.05, 0) is 13.8 Å². The van der Waals surface area contributed by atoms with Crippen LogP contribution < -0.4 is 5.56 Å². The second kappa shape index (κ2) is 3.20. The summed E-state index contributed by atoms with van der Waals surface area (Å²) in [5.74, 6) is 0.00917. The smallest absolute Gasteiger partial charge is 0.262 e. The monoisotopic (exact) mass is 203 g/mol. The number of rotatable bonds is 1. The van der Waals surface area contributed by atoms with Gasteiger partial charge in [0.25, 0.3) is 5.56 Å². The van der Waals surface area contributed by atoms with Gasteiger partial charge in [-0.25, -0.2) is 9.67 Å². The van der Waals surface area contributed by atoms with Gasteiger partial charge in [0.15, 0.2) is 5.65 Å². The van der Waals surface area contributed by atoms with E-state index in [9.17, 15) is 4.79 Å². The number of nitrogens with zero attached hydrogens (tertiary/aromatic N) is 4. The molecule has 6 nitrogen and oxygen atoms in total. The van der Waals surface area contributed by atoms with Crippen LogP contribution in [-0.4, -0.2) is 19.7 Å². The van der Waals surface area contributed by atoms with Crippen molar-refractivity contribution < 1.29 is 0 Å². The molecule has 0 spiro atoms. The van der Waals surface area contributed by atoms with E-state index in [-0.39, 0.29) is 17.4 Å². The summed E-state index contributed by atoms with van der Waals surface area (Å²) in [5, 5.41) is 13.1. The van der Waals surface area contributed by atoms with Crippen LogP contribution in [0.3, 0.4) is 0 Å². The largest absolute Gasteiger partial charge is 0.297 e. The molecule has 2 aromatic rings. The summed E-state index contributed by atoms with van der Waals surface area (Å²) in [5.41, 5.74) is 0.119. The molecular weight excluding hydrogens is 194 g/mol. The van der Waals surface area contributed by atoms with Gasteiger partial charge in [-0.1, -0.05) is 0 Å². The summed E-state index contributed by atoms with van der Waals surface area (Å²) in [6.45, 7) is 3.86. The van der Waals surface area contributed by atoms with Crippen molar-refractivity contribution in [1.82, 2.24) is 19.7 Å². The lowest BCUT2D eigenvalue weighted by Gasteiger charge is -2.05. The van der Waals surface area contributed by atoms with Crippen molar-refractivity contribution in [1.29, 1.82) is 5.26 Å². The summed E-state index contributed by atoms with van der Waals surface area (Å²) >= 11 is 0. The van der Waals surface area contributed by atoms with Gasteiger partial charge >= 0.3 is 0 Å². The minimum Gasteiger partial charge on any atom is -0.297 e. The molecule has 2 heterocycles. The Morgan fingerprint density at radius 3 is 2.93 bits per heavy atom. The third-order valence-electron chi connectivity index (χ3n) is 2.06. The lowest BCUT2D eigenvalue weighted by Crippen LogP contribution is -2.11. The van der Waals surface area contributed by atoms with Gasteiger partial charge in [0.1, 0.15) is 11.5 Å². The Morgan fingerprint density at radius 2 is 2.33 bits per heavy atom. The molecule has 2 aromatic heterocycles. The zero-order chi connectivity index (χ0) is 11.0. The van der Waals surface area contributed by atoms with E-state index < -0.39 is 0 Å². The van der Waals surface area contributed by atoms with E-state index in [2.05, 4.69) is 15.1 Å². The maximum absolute atomic E-state index is 11.5. The second-order valence-corrected chi connectivity index (χ2v) is 3.45. The molecule has 0 aromatic carbocycles. The van der Waals surface area contributed by atoms with E-state index in [1.165, 1.54) is 6.20 Å². The molecule has 0 unspecified atom stereocenters. The van der Waals surface area contributed by atoms with Crippen molar-refractivity contribution >= 4 is 11.0 Å². The van der Waals surface area contributed by atoms with E-state index in [1.807, 2.05) is 19.9 Å². The van der Waals surface area contributed by atoms with Gasteiger partial charge in [0, 0.05) is 6.04 Å². The third-order valence-corrected chi connectivity index (χ3v) is 2.06. The van der Waals surface area contributed by atoms with Crippen LogP contribution in [-0.2, 0) is 0 Å². The van der Waals surface area contributed by atoms with E-state index >= 15 is 0 Å². The molecule has 6 heteroatoms. The highest BCUT2D eigenvalue weighted by molar-refractivity contribution is 5.73. The Balaban J connectivity index is 2.86. The first-order chi connectivity index (χ1) is 7.13. The minimum atomic E-state index is -0.330. The van der Waals surface area contributed by atoms with Crippen molar-refractivity contribution in [3.8, 4) is 6.07 Å². The lowest BCUT2D eigenvalue weighted by molar-refractivity contribution is 0.546. The first-order valence-corrected chi connectivity index (χ1v) is 4.51. The van der Waals surface area contributed by atoms with Crippen LogP contribution in [0.2, 0.25) is 0 Å². The molecule has 2 rings (SSSR count). The average molecular weight is 203 g/mol. The third kappa shape index (κ3) is 1.38. The predicted molar refractivity (Wildman–Crippen MR) is 53.2 cm³/mol. The van der Waals surface area contributed by atoms with Crippen LogP contribution in [0.5, 0.6) is 0 Å². The van der Waals surface area contributed by atoms with Crippen molar-refractivity contribution in [2.45, 2.75) is 19.9 Å². The van der Waals surface area contributed by atoms with Gasteiger partial charge in [-0.3, -0.25) is 9.78 Å². The molecule has 0 radical (unpaired) electrons. The molecule has 0 fully saturated rings. The van der Waals surface area contributed by atoms with Crippen molar-refractivity contribution in [3.05, 3.63) is 22.4 Å². The molecule has 0 atom stereocenters. The highest BCUT2D eigenvalue weighted by atomic mass is 16.1. The van der Waals surface area contributed by atoms with Crippen molar-refractivity contribution in [3.63, 3.8) is 0 Å². The SMILES string of the molecule is CC(C)n1ncc2c(=O)[nH]c(C#N)nc21. The van der Waals surface area contributed by atoms with Gasteiger partial charge in [0.05, 0.1) is 6.20 Å². The highest BCUT2D eigenvalue weighted by Crippen LogP contribution is 2.11. The number of nitriles is 1. The fraction of sp³-hybridized carbons (Fsp3) is 0.333. The van der Waals surface area contributed by atoms with Crippen molar-refractivity contribution in [2.24, 2.45) is 0 Å². The fourth-order valence-corrected chi connectivity index (χ4v) is 1.37. The standard InChI is InChI=1S/C9H9N5O/c1-5(2)14-8-6(4-11-14)9(15)13-7(3-10)12-8/h4-5H,1-2H3,(H,12,13,15). The molecule has 0 bridgehead atoms. The van der Waals surface area contributed by atoms with Gasteiger partial charge in [-0.15, -0.1) is 0 Å². The molecule has 0 aliphatic rings. The van der Waals surface area contributed by atoms with Crippen LogP contribution in [0.25, 0.3) is 11.0 Å². The Hall–Kier alpha value is -2.16. The van der Waals surface area contributed by atoms with Crippen LogP contribution in [0.4, 0.5) is 0 Å². The van der Waals surface area contributed by atoms with Crippen LogP contribution in [0.15, 0.2) is 11.0 Å². The van der Waals surface area contributed by atoms with Gasteiger partial charge < -0.3 is 0 Å². The Bertz CT molecular complexity index is 601. The number of H-pyrrole nitrogens is 1. The fourth-order valence-electron chi connectivity index (χ4n) is 1.37. The van der Waals surface area contributed by atoms with Gasteiger partial charge in [-0.2, -0.15) is 10.4 Å². The predicted octanol–water partition coefficient (Wildman–Crippen LogP) is 0.572. The second-order valence-electron chi connectivity index (χ2n) is 3.45. The Kier molecular flexibility index (Phi) is 2.01. The summed E-state index contributed by atoms with van der Waals surface area (Å²) in [4.78, 5) is 17.9. The number of hydrogen-bond acceptors (Lipinski definition) is 4. The summed E-state index contributed by atoms with van der Waals surface area (Å²) in [7, 11) is 0. The molecule has 76 valence electrons. The van der Waals surface area contributed by atoms with Crippen molar-refractivity contribution in [2.75, 3.05) is 0 Å². The molecule has 1 N–H and O–H groups in total. The molecule has 15 heavy (non-hydrogen) atoms. The molecule has 0 saturated carbocycles. The number of aromatic nitrogens is 4. The Morgan fingerprint density at radius 1 is 1.60 bits per heavy atom. The zero-order valence-corrected chi connectivity index (χ0v) is 8.35. The minimum absolute atomic E-state index is 0.00917. The van der Waals surface area contributed by atoms with E-state index in [0.717, 1.165) is 0 Å². The zero-order valence-electron chi connectivity index (χ0n) is 8.35. The molecular formula is C9H9N5O. The van der Waals surface area contributed by atoms with E-state index in [1.54, 1.807) is 4.68 Å². The highest BCUT2D eigenvalue weighted by Gasteiger charge is 2.11. The molecule has 0 amide bonds. The molecule has 0 saturated heterocycles. The number of aromatic amines is 1. The first kappa shape index (κ1) is 9.40. The molecule has 0 aliphatic carbocycles. The quantitative estimate of drug-likeness (QED) is 0.734. The normalized spacial score (nSPS) is 10.8. The average Bonchev–Trinajstić information content (AvgIpc) is 2.61. The maximum atomic E-state index is 11.5. The first-order valence-electron chi connectivity index (χ1n) is 4.51. The van der Waals surface area contributed by atoms with E-state index in [4.69, 9.17) is 5.26 Å². The van der Waals surface area contributed by atoms with Gasteiger partial charge in [0.2, 0.25) is 5.82 Å². The number of hydrogen-bond donors (Lipinski definition) is 1. The van der Waals surface area contributed by atoms with E-state index in [0.29, 0.717) is 11.0 Å². The van der Waals surface area contributed by atoms with Crippen LogP contribution in [0, 0.1) is 11.3 Å². The summed E-state index contributed by atoms with van der Waals surface area (Å²) < 4.78 is 1.62.